The molecule has 0 bridgehead atoms. The number of fused-ring (bicyclic) bond motifs is 1. The van der Waals surface area contributed by atoms with Crippen LogP contribution in [0.2, 0.25) is 0 Å². The van der Waals surface area contributed by atoms with Crippen molar-refractivity contribution in [1.82, 2.24) is 9.97 Å². The molecule has 2 aromatic heterocycles. The molecule has 0 aliphatic heterocycles. The van der Waals surface area contributed by atoms with Gasteiger partial charge in [-0.15, -0.1) is 11.3 Å². The number of anilines is 1. The van der Waals surface area contributed by atoms with E-state index in [0.29, 0.717) is 6.04 Å². The van der Waals surface area contributed by atoms with E-state index in [1.807, 2.05) is 24.5 Å². The number of hydrogen-bond acceptors (Lipinski definition) is 3. The highest BCUT2D eigenvalue weighted by molar-refractivity contribution is 7.10. The van der Waals surface area contributed by atoms with Gasteiger partial charge in [0.15, 0.2) is 0 Å². The van der Waals surface area contributed by atoms with Crippen LogP contribution in [-0.4, -0.2) is 9.97 Å². The van der Waals surface area contributed by atoms with Crippen LogP contribution >= 0.6 is 11.3 Å². The van der Waals surface area contributed by atoms with E-state index in [2.05, 4.69) is 26.7 Å². The second kappa shape index (κ2) is 3.94. The number of aromatic amines is 1. The third kappa shape index (κ3) is 1.73. The summed E-state index contributed by atoms with van der Waals surface area (Å²) in [4.78, 5) is 9.07. The molecule has 0 radical (unpaired) electrons. The number of nitrogens with zero attached hydrogens (tertiary/aromatic N) is 1. The van der Waals surface area contributed by atoms with E-state index in [1.54, 1.807) is 0 Å². The normalized spacial score (nSPS) is 19.4. The molecule has 1 atom stereocenters. The molecule has 4 heteroatoms. The van der Waals surface area contributed by atoms with E-state index in [9.17, 15) is 0 Å². The standard InChI is InChI=1S/C12H15N3S/c1-8-7-13-12(14-8)15-10-3-2-4-11-9(10)5-6-16-11/h5-7,10H,2-4H2,1H3,(H2,13,14,15). The average molecular weight is 233 g/mol. The van der Waals surface area contributed by atoms with Gasteiger partial charge in [-0.1, -0.05) is 0 Å². The van der Waals surface area contributed by atoms with E-state index in [4.69, 9.17) is 0 Å². The topological polar surface area (TPSA) is 40.7 Å². The van der Waals surface area contributed by atoms with Gasteiger partial charge in [-0.3, -0.25) is 0 Å². The van der Waals surface area contributed by atoms with E-state index < -0.39 is 0 Å². The summed E-state index contributed by atoms with van der Waals surface area (Å²) < 4.78 is 0. The third-order valence-electron chi connectivity index (χ3n) is 3.07. The molecule has 0 spiro atoms. The van der Waals surface area contributed by atoms with Gasteiger partial charge in [-0.25, -0.2) is 4.98 Å². The molecule has 2 aromatic rings. The largest absolute Gasteiger partial charge is 0.349 e. The summed E-state index contributed by atoms with van der Waals surface area (Å²) in [6, 6.07) is 2.67. The molecule has 0 fully saturated rings. The lowest BCUT2D eigenvalue weighted by Crippen LogP contribution is -2.16. The van der Waals surface area contributed by atoms with Crippen LogP contribution in [0.4, 0.5) is 5.95 Å². The van der Waals surface area contributed by atoms with Crippen molar-refractivity contribution in [2.24, 2.45) is 0 Å². The third-order valence-corrected chi connectivity index (χ3v) is 4.06. The first-order valence-electron chi connectivity index (χ1n) is 5.67. The van der Waals surface area contributed by atoms with Gasteiger partial charge >= 0.3 is 0 Å². The summed E-state index contributed by atoms with van der Waals surface area (Å²) in [5, 5.41) is 5.68. The fourth-order valence-electron chi connectivity index (χ4n) is 2.29. The van der Waals surface area contributed by atoms with Gasteiger partial charge < -0.3 is 10.3 Å². The minimum atomic E-state index is 0.431. The molecule has 2 N–H and O–H groups in total. The number of thiophene rings is 1. The van der Waals surface area contributed by atoms with Gasteiger partial charge in [-0.2, -0.15) is 0 Å². The highest BCUT2D eigenvalue weighted by Crippen LogP contribution is 2.34. The molecule has 0 amide bonds. The number of imidazole rings is 1. The molecule has 0 aromatic carbocycles. The Kier molecular flexibility index (Phi) is 2.44. The molecule has 3 rings (SSSR count). The Hall–Kier alpha value is -1.29. The minimum absolute atomic E-state index is 0.431. The monoisotopic (exact) mass is 233 g/mol. The summed E-state index contributed by atoms with van der Waals surface area (Å²) in [7, 11) is 0. The van der Waals surface area contributed by atoms with Crippen molar-refractivity contribution in [2.45, 2.75) is 32.2 Å². The van der Waals surface area contributed by atoms with Gasteiger partial charge in [0.05, 0.1) is 6.04 Å². The predicted octanol–water partition coefficient (Wildman–Crippen LogP) is 3.27. The molecule has 1 unspecified atom stereocenters. The van der Waals surface area contributed by atoms with Crippen molar-refractivity contribution in [3.05, 3.63) is 33.8 Å². The molecule has 2 heterocycles. The Bertz CT molecular complexity index is 486. The van der Waals surface area contributed by atoms with Crippen molar-refractivity contribution in [3.8, 4) is 0 Å². The van der Waals surface area contributed by atoms with E-state index in [-0.39, 0.29) is 0 Å². The van der Waals surface area contributed by atoms with E-state index in [0.717, 1.165) is 11.6 Å². The molecule has 1 aliphatic rings. The van der Waals surface area contributed by atoms with Gasteiger partial charge in [-0.05, 0) is 43.2 Å². The zero-order chi connectivity index (χ0) is 11.0. The predicted molar refractivity (Wildman–Crippen MR) is 66.9 cm³/mol. The van der Waals surface area contributed by atoms with Gasteiger partial charge in [0.2, 0.25) is 5.95 Å². The number of aryl methyl sites for hydroxylation is 2. The first-order valence-corrected chi connectivity index (χ1v) is 6.55. The molecule has 16 heavy (non-hydrogen) atoms. The molecule has 0 saturated heterocycles. The van der Waals surface area contributed by atoms with Crippen LogP contribution in [0.3, 0.4) is 0 Å². The van der Waals surface area contributed by atoms with Crippen LogP contribution in [-0.2, 0) is 6.42 Å². The van der Waals surface area contributed by atoms with Crippen molar-refractivity contribution < 1.29 is 0 Å². The number of hydrogen-bond donors (Lipinski definition) is 2. The first kappa shape index (κ1) is 9.90. The average Bonchev–Trinajstić information content (AvgIpc) is 2.87. The van der Waals surface area contributed by atoms with Crippen molar-refractivity contribution >= 4 is 17.3 Å². The summed E-state index contributed by atoms with van der Waals surface area (Å²) in [6.45, 7) is 2.02. The molecule has 3 nitrogen and oxygen atoms in total. The number of nitrogens with one attached hydrogen (secondary N) is 2. The maximum atomic E-state index is 4.30. The van der Waals surface area contributed by atoms with Crippen LogP contribution in [0.5, 0.6) is 0 Å². The van der Waals surface area contributed by atoms with Crippen molar-refractivity contribution in [3.63, 3.8) is 0 Å². The minimum Gasteiger partial charge on any atom is -0.349 e. The molecule has 1 aliphatic carbocycles. The highest BCUT2D eigenvalue weighted by Gasteiger charge is 2.21. The molecular formula is C12H15N3S. The zero-order valence-corrected chi connectivity index (χ0v) is 10.1. The van der Waals surface area contributed by atoms with Gasteiger partial charge in [0.25, 0.3) is 0 Å². The molecule has 0 saturated carbocycles. The van der Waals surface area contributed by atoms with Crippen molar-refractivity contribution in [1.29, 1.82) is 0 Å². The van der Waals surface area contributed by atoms with Crippen LogP contribution in [0, 0.1) is 6.92 Å². The van der Waals surface area contributed by atoms with Crippen LogP contribution in [0.15, 0.2) is 17.6 Å². The van der Waals surface area contributed by atoms with Crippen LogP contribution in [0.1, 0.15) is 35.0 Å². The molecular weight excluding hydrogens is 218 g/mol. The summed E-state index contributed by atoms with van der Waals surface area (Å²) >= 11 is 1.87. The zero-order valence-electron chi connectivity index (χ0n) is 9.29. The fraction of sp³-hybridized carbons (Fsp3) is 0.417. The summed E-state index contributed by atoms with van der Waals surface area (Å²) in [6.07, 6.45) is 5.57. The lowest BCUT2D eigenvalue weighted by molar-refractivity contribution is 0.605. The Morgan fingerprint density at radius 2 is 2.50 bits per heavy atom. The van der Waals surface area contributed by atoms with E-state index in [1.165, 1.54) is 29.7 Å². The number of rotatable bonds is 2. The molecule has 84 valence electrons. The highest BCUT2D eigenvalue weighted by atomic mass is 32.1. The SMILES string of the molecule is Cc1cnc(NC2CCCc3sccc32)[nH]1. The van der Waals surface area contributed by atoms with Gasteiger partial charge in [0, 0.05) is 16.8 Å². The Balaban J connectivity index is 1.82. The number of H-pyrrole nitrogens is 1. The first-order chi connectivity index (χ1) is 7.83. The smallest absolute Gasteiger partial charge is 0.200 e. The Labute approximate surface area is 98.9 Å². The lowest BCUT2D eigenvalue weighted by atomic mass is 9.94. The van der Waals surface area contributed by atoms with Crippen LogP contribution < -0.4 is 5.32 Å². The lowest BCUT2D eigenvalue weighted by Gasteiger charge is -2.23. The quantitative estimate of drug-likeness (QED) is 0.835. The second-order valence-electron chi connectivity index (χ2n) is 4.30. The Morgan fingerprint density at radius 3 is 3.31 bits per heavy atom. The van der Waals surface area contributed by atoms with E-state index >= 15 is 0 Å². The fourth-order valence-corrected chi connectivity index (χ4v) is 3.27. The Morgan fingerprint density at radius 1 is 1.56 bits per heavy atom. The van der Waals surface area contributed by atoms with Crippen LogP contribution in [0.25, 0.3) is 0 Å². The maximum absolute atomic E-state index is 4.30. The summed E-state index contributed by atoms with van der Waals surface area (Å²) in [5.41, 5.74) is 2.56. The van der Waals surface area contributed by atoms with Gasteiger partial charge in [0.1, 0.15) is 0 Å². The summed E-state index contributed by atoms with van der Waals surface area (Å²) in [5.74, 6) is 0.890. The maximum Gasteiger partial charge on any atom is 0.200 e. The van der Waals surface area contributed by atoms with Crippen molar-refractivity contribution in [2.75, 3.05) is 5.32 Å². The number of aromatic nitrogens is 2. The second-order valence-corrected chi connectivity index (χ2v) is 5.30.